The lowest BCUT2D eigenvalue weighted by atomic mass is 10.1. The lowest BCUT2D eigenvalue weighted by Gasteiger charge is -2.06. The zero-order chi connectivity index (χ0) is 11.0. The first kappa shape index (κ1) is 10.7. The van der Waals surface area contributed by atoms with Gasteiger partial charge in [0.05, 0.1) is 5.56 Å². The zero-order valence-electron chi connectivity index (χ0n) is 7.42. The second-order valence-electron chi connectivity index (χ2n) is 2.81. The van der Waals surface area contributed by atoms with Crippen LogP contribution in [0.2, 0.25) is 0 Å². The van der Waals surface area contributed by atoms with Crippen molar-refractivity contribution in [3.8, 4) is 0 Å². The van der Waals surface area contributed by atoms with Crippen molar-refractivity contribution in [1.82, 2.24) is 0 Å². The molecule has 0 heterocycles. The molecule has 0 unspecified atom stereocenters. The van der Waals surface area contributed by atoms with Crippen LogP contribution in [0.4, 0.5) is 17.6 Å². The molecule has 1 aromatic rings. The van der Waals surface area contributed by atoms with Gasteiger partial charge in [0.1, 0.15) is 0 Å². The Kier molecular flexibility index (Phi) is 2.59. The van der Waals surface area contributed by atoms with Gasteiger partial charge in [0.25, 0.3) is 0 Å². The van der Waals surface area contributed by atoms with E-state index in [0.29, 0.717) is 0 Å². The second kappa shape index (κ2) is 3.40. The number of hydrogen-bond donors (Lipinski definition) is 0. The van der Waals surface area contributed by atoms with Gasteiger partial charge in [-0.25, -0.2) is 17.6 Å². The summed E-state index contributed by atoms with van der Waals surface area (Å²) in [7, 11) is 0. The second-order valence-corrected chi connectivity index (χ2v) is 2.81. The van der Waals surface area contributed by atoms with E-state index in [2.05, 4.69) is 0 Å². The molecule has 0 spiro atoms. The predicted octanol–water partition coefficient (Wildman–Crippen LogP) is 2.75. The number of rotatable bonds is 1. The minimum atomic E-state index is -1.64. The highest BCUT2D eigenvalue weighted by Crippen LogP contribution is 2.23. The highest BCUT2D eigenvalue weighted by atomic mass is 19.2. The summed E-state index contributed by atoms with van der Waals surface area (Å²) in [5, 5.41) is 0. The van der Waals surface area contributed by atoms with Gasteiger partial charge < -0.3 is 0 Å². The molecule has 1 rings (SSSR count). The van der Waals surface area contributed by atoms with Crippen molar-refractivity contribution in [2.24, 2.45) is 0 Å². The van der Waals surface area contributed by atoms with Gasteiger partial charge in [-0.3, -0.25) is 4.79 Å². The topological polar surface area (TPSA) is 17.1 Å². The molecule has 0 aromatic heterocycles. The van der Waals surface area contributed by atoms with Crippen molar-refractivity contribution in [2.45, 2.75) is 13.8 Å². The normalized spacial score (nSPS) is 10.4. The SMILES string of the molecule is CC(=O)c1c(F)c(F)c(C)c(F)c1F. The van der Waals surface area contributed by atoms with Crippen molar-refractivity contribution >= 4 is 5.78 Å². The Morgan fingerprint density at radius 3 is 1.57 bits per heavy atom. The van der Waals surface area contributed by atoms with Crippen LogP contribution in [0.15, 0.2) is 0 Å². The van der Waals surface area contributed by atoms with Gasteiger partial charge in [0.15, 0.2) is 29.1 Å². The molecule has 0 saturated heterocycles. The van der Waals surface area contributed by atoms with Gasteiger partial charge in [-0.2, -0.15) is 0 Å². The average molecular weight is 206 g/mol. The molecule has 0 bridgehead atoms. The number of ketones is 1. The molecule has 14 heavy (non-hydrogen) atoms. The van der Waals surface area contributed by atoms with E-state index in [-0.39, 0.29) is 0 Å². The smallest absolute Gasteiger partial charge is 0.173 e. The molecule has 0 saturated carbocycles. The maximum absolute atomic E-state index is 13.0. The predicted molar refractivity (Wildman–Crippen MR) is 41.0 cm³/mol. The number of hydrogen-bond acceptors (Lipinski definition) is 1. The standard InChI is InChI=1S/C9H6F4O/c1-3-6(10)8(12)5(4(2)14)9(13)7(3)11/h1-2H3. The van der Waals surface area contributed by atoms with Crippen LogP contribution < -0.4 is 0 Å². The van der Waals surface area contributed by atoms with Crippen LogP contribution in [0.1, 0.15) is 22.8 Å². The van der Waals surface area contributed by atoms with E-state index in [9.17, 15) is 22.4 Å². The summed E-state index contributed by atoms with van der Waals surface area (Å²) in [5.74, 6) is -7.41. The molecule has 1 nitrogen and oxygen atoms in total. The molecule has 0 aliphatic heterocycles. The third-order valence-electron chi connectivity index (χ3n) is 1.83. The monoisotopic (exact) mass is 206 g/mol. The molecule has 76 valence electrons. The van der Waals surface area contributed by atoms with E-state index in [1.54, 1.807) is 0 Å². The number of halogens is 4. The van der Waals surface area contributed by atoms with Crippen molar-refractivity contribution in [2.75, 3.05) is 0 Å². The summed E-state index contributed by atoms with van der Waals surface area (Å²) >= 11 is 0. The quantitative estimate of drug-likeness (QED) is 0.392. The Morgan fingerprint density at radius 1 is 0.929 bits per heavy atom. The van der Waals surface area contributed by atoms with E-state index in [1.165, 1.54) is 0 Å². The molecule has 0 amide bonds. The summed E-state index contributed by atoms with van der Waals surface area (Å²) < 4.78 is 51.6. The third-order valence-corrected chi connectivity index (χ3v) is 1.83. The maximum atomic E-state index is 13.0. The van der Waals surface area contributed by atoms with Crippen LogP contribution in [-0.2, 0) is 0 Å². The highest BCUT2D eigenvalue weighted by Gasteiger charge is 2.25. The Labute approximate surface area is 77.3 Å². The van der Waals surface area contributed by atoms with E-state index in [0.717, 1.165) is 13.8 Å². The Morgan fingerprint density at radius 2 is 1.29 bits per heavy atom. The van der Waals surface area contributed by atoms with Gasteiger partial charge in [-0.05, 0) is 13.8 Å². The van der Waals surface area contributed by atoms with Crippen molar-refractivity contribution in [3.63, 3.8) is 0 Å². The van der Waals surface area contributed by atoms with Gasteiger partial charge in [-0.1, -0.05) is 0 Å². The van der Waals surface area contributed by atoms with Crippen LogP contribution in [0.25, 0.3) is 0 Å². The van der Waals surface area contributed by atoms with E-state index in [4.69, 9.17) is 0 Å². The first-order chi connectivity index (χ1) is 6.37. The molecular formula is C9H6F4O. The third kappa shape index (κ3) is 1.38. The van der Waals surface area contributed by atoms with Crippen molar-refractivity contribution in [1.29, 1.82) is 0 Å². The van der Waals surface area contributed by atoms with E-state index >= 15 is 0 Å². The number of benzene rings is 1. The fraction of sp³-hybridized carbons (Fsp3) is 0.222. The summed E-state index contributed by atoms with van der Waals surface area (Å²) in [4.78, 5) is 10.7. The maximum Gasteiger partial charge on any atom is 0.173 e. The molecule has 0 fully saturated rings. The van der Waals surface area contributed by atoms with Gasteiger partial charge in [0, 0.05) is 5.56 Å². The molecule has 0 radical (unpaired) electrons. The molecular weight excluding hydrogens is 200 g/mol. The molecule has 0 atom stereocenters. The lowest BCUT2D eigenvalue weighted by Crippen LogP contribution is -2.09. The molecule has 5 heteroatoms. The van der Waals surface area contributed by atoms with Crippen molar-refractivity contribution in [3.05, 3.63) is 34.4 Å². The zero-order valence-corrected chi connectivity index (χ0v) is 7.42. The van der Waals surface area contributed by atoms with E-state index < -0.39 is 40.2 Å². The number of carbonyl (C=O) groups excluding carboxylic acids is 1. The number of carbonyl (C=O) groups is 1. The molecule has 0 aliphatic rings. The van der Waals surface area contributed by atoms with Gasteiger partial charge >= 0.3 is 0 Å². The summed E-state index contributed by atoms with van der Waals surface area (Å²) in [6, 6.07) is 0. The van der Waals surface area contributed by atoms with Crippen molar-refractivity contribution < 1.29 is 22.4 Å². The first-order valence-electron chi connectivity index (χ1n) is 3.71. The minimum absolute atomic E-state index is 0.773. The fourth-order valence-corrected chi connectivity index (χ4v) is 1.05. The van der Waals surface area contributed by atoms with Crippen LogP contribution in [0.3, 0.4) is 0 Å². The Balaban J connectivity index is 3.68. The van der Waals surface area contributed by atoms with Crippen LogP contribution in [-0.4, -0.2) is 5.78 Å². The highest BCUT2D eigenvalue weighted by molar-refractivity contribution is 5.94. The first-order valence-corrected chi connectivity index (χ1v) is 3.71. The number of Topliss-reactive ketones (excluding diaryl/α,β-unsaturated/α-hetero) is 1. The van der Waals surface area contributed by atoms with Crippen LogP contribution in [0.5, 0.6) is 0 Å². The fourth-order valence-electron chi connectivity index (χ4n) is 1.05. The molecule has 0 aliphatic carbocycles. The van der Waals surface area contributed by atoms with Gasteiger partial charge in [0.2, 0.25) is 0 Å². The molecule has 0 N–H and O–H groups in total. The Bertz CT molecular complexity index is 383. The lowest BCUT2D eigenvalue weighted by molar-refractivity contribution is 0.100. The average Bonchev–Trinajstić information content (AvgIpc) is 2.11. The Hall–Kier alpha value is -1.39. The summed E-state index contributed by atoms with van der Waals surface area (Å²) in [6.07, 6.45) is 0. The minimum Gasteiger partial charge on any atom is -0.294 e. The largest absolute Gasteiger partial charge is 0.294 e. The van der Waals surface area contributed by atoms with E-state index in [1.807, 2.05) is 0 Å². The van der Waals surface area contributed by atoms with Gasteiger partial charge in [-0.15, -0.1) is 0 Å². The van der Waals surface area contributed by atoms with Crippen LogP contribution in [0, 0.1) is 30.2 Å². The summed E-state index contributed by atoms with van der Waals surface area (Å²) in [6.45, 7) is 1.72. The van der Waals surface area contributed by atoms with Crippen LogP contribution >= 0.6 is 0 Å². The summed E-state index contributed by atoms with van der Waals surface area (Å²) in [5.41, 5.74) is -1.95. The molecule has 1 aromatic carbocycles.